The first-order chi connectivity index (χ1) is 12.6. The quantitative estimate of drug-likeness (QED) is 0.558. The molecule has 1 unspecified atom stereocenters. The maximum absolute atomic E-state index is 11.2. The molecule has 2 aromatic carbocycles. The summed E-state index contributed by atoms with van der Waals surface area (Å²) in [7, 11) is 0. The van der Waals surface area contributed by atoms with Crippen molar-refractivity contribution < 1.29 is 9.90 Å². The molecule has 0 fully saturated rings. The van der Waals surface area contributed by atoms with Crippen LogP contribution in [0.1, 0.15) is 15.9 Å². The number of carboxylic acid groups (broad SMARTS) is 1. The number of rotatable bonds is 1. The number of benzene rings is 2. The minimum atomic E-state index is -0.948. The number of carbonyl (C=O) groups is 1. The number of para-hydroxylation sites is 1. The summed E-state index contributed by atoms with van der Waals surface area (Å²) in [5.41, 5.74) is 4.52. The van der Waals surface area contributed by atoms with E-state index in [4.69, 9.17) is 0 Å². The van der Waals surface area contributed by atoms with E-state index < -0.39 is 11.5 Å². The maximum atomic E-state index is 11.2. The first-order valence-electron chi connectivity index (χ1n) is 8.29. The number of fused-ring (bicyclic) bond motifs is 7. The summed E-state index contributed by atoms with van der Waals surface area (Å²) < 4.78 is 1.88. The summed E-state index contributed by atoms with van der Waals surface area (Å²) in [5.74, 6) is -0.948. The standard InChI is InChI=1S/C20H12N4O2/c25-19(26)11-5-6-12-15(7-11)23-24-17(12)8-16-18(24)9-20(22-16)10-21-14-4-2-1-3-13(14)20/h1-10,22H,(H,25,26). The van der Waals surface area contributed by atoms with Crippen molar-refractivity contribution in [1.82, 2.24) is 9.61 Å². The zero-order valence-corrected chi connectivity index (χ0v) is 13.5. The highest BCUT2D eigenvalue weighted by Gasteiger charge is 2.38. The van der Waals surface area contributed by atoms with E-state index in [2.05, 4.69) is 33.6 Å². The number of aromatic carboxylic acids is 1. The van der Waals surface area contributed by atoms with Gasteiger partial charge >= 0.3 is 5.97 Å². The minimum Gasteiger partial charge on any atom is -0.478 e. The van der Waals surface area contributed by atoms with E-state index in [-0.39, 0.29) is 5.56 Å². The third-order valence-electron chi connectivity index (χ3n) is 5.20. The van der Waals surface area contributed by atoms with Crippen LogP contribution in [0.4, 0.5) is 11.4 Å². The molecule has 0 aliphatic carbocycles. The third kappa shape index (κ3) is 1.54. The van der Waals surface area contributed by atoms with Crippen LogP contribution in [0.15, 0.2) is 53.5 Å². The topological polar surface area (TPSA) is 79.0 Å². The zero-order valence-electron chi connectivity index (χ0n) is 13.5. The average Bonchev–Trinajstić information content (AvgIpc) is 3.35. The molecule has 1 atom stereocenters. The monoisotopic (exact) mass is 340 g/mol. The molecule has 4 aromatic rings. The van der Waals surface area contributed by atoms with Crippen LogP contribution in [-0.2, 0) is 5.54 Å². The van der Waals surface area contributed by atoms with E-state index in [9.17, 15) is 9.90 Å². The summed E-state index contributed by atoms with van der Waals surface area (Å²) in [4.78, 5) is 15.7. The van der Waals surface area contributed by atoms with Gasteiger partial charge in [0, 0.05) is 17.2 Å². The lowest BCUT2D eigenvalue weighted by Gasteiger charge is -2.21. The summed E-state index contributed by atoms with van der Waals surface area (Å²) in [6, 6.07) is 15.2. The molecule has 4 heterocycles. The van der Waals surface area contributed by atoms with E-state index in [0.717, 1.165) is 33.2 Å². The van der Waals surface area contributed by atoms with Crippen molar-refractivity contribution >= 4 is 46.1 Å². The van der Waals surface area contributed by atoms with Crippen molar-refractivity contribution in [2.45, 2.75) is 5.54 Å². The fourth-order valence-corrected chi connectivity index (χ4v) is 3.99. The minimum absolute atomic E-state index is 0.241. The second-order valence-corrected chi connectivity index (χ2v) is 6.69. The van der Waals surface area contributed by atoms with E-state index in [0.29, 0.717) is 5.52 Å². The van der Waals surface area contributed by atoms with E-state index >= 15 is 0 Å². The molecule has 124 valence electrons. The predicted molar refractivity (Wildman–Crippen MR) is 99.2 cm³/mol. The van der Waals surface area contributed by atoms with Crippen molar-refractivity contribution in [2.24, 2.45) is 4.99 Å². The fourth-order valence-electron chi connectivity index (χ4n) is 3.99. The molecule has 0 amide bonds. The van der Waals surface area contributed by atoms with Gasteiger partial charge < -0.3 is 10.4 Å². The second-order valence-electron chi connectivity index (χ2n) is 6.69. The number of aliphatic imine (C=N–C) groups is 1. The normalized spacial score (nSPS) is 19.7. The van der Waals surface area contributed by atoms with Gasteiger partial charge in [-0.1, -0.05) is 18.2 Å². The maximum Gasteiger partial charge on any atom is 0.335 e. The second kappa shape index (κ2) is 4.29. The first-order valence-corrected chi connectivity index (χ1v) is 8.29. The first kappa shape index (κ1) is 13.6. The molecule has 2 aromatic heterocycles. The van der Waals surface area contributed by atoms with Crippen molar-refractivity contribution in [3.8, 4) is 0 Å². The van der Waals surface area contributed by atoms with E-state index in [1.807, 2.05) is 35.0 Å². The molecule has 0 radical (unpaired) electrons. The Hall–Kier alpha value is -3.67. The van der Waals surface area contributed by atoms with Crippen LogP contribution in [0, 0.1) is 0 Å². The smallest absolute Gasteiger partial charge is 0.335 e. The van der Waals surface area contributed by atoms with Crippen molar-refractivity contribution in [1.29, 1.82) is 0 Å². The molecule has 6 nitrogen and oxygen atoms in total. The van der Waals surface area contributed by atoms with Gasteiger partial charge in [-0.15, -0.1) is 0 Å². The summed E-state index contributed by atoms with van der Waals surface area (Å²) in [5, 5.41) is 19.3. The molecule has 0 bridgehead atoms. The molecule has 6 rings (SSSR count). The molecule has 2 aliphatic rings. The SMILES string of the molecule is O=C(O)c1ccc2c(c1)nn1c3c(cc21)NC1(C=Nc2ccccc21)C=3. The predicted octanol–water partition coefficient (Wildman–Crippen LogP) is 2.72. The van der Waals surface area contributed by atoms with Gasteiger partial charge in [-0.25, -0.2) is 9.31 Å². The number of aromatic nitrogens is 2. The molecule has 2 N–H and O–H groups in total. The lowest BCUT2D eigenvalue weighted by molar-refractivity contribution is 0.0697. The number of nitrogens with one attached hydrogen (secondary N) is 1. The molecule has 1 spiro atoms. The molecule has 0 saturated heterocycles. The average molecular weight is 340 g/mol. The highest BCUT2D eigenvalue weighted by molar-refractivity contribution is 6.02. The largest absolute Gasteiger partial charge is 0.478 e. The Morgan fingerprint density at radius 1 is 1.15 bits per heavy atom. The number of nitrogens with zero attached hydrogens (tertiary/aromatic N) is 3. The van der Waals surface area contributed by atoms with Crippen molar-refractivity contribution in [2.75, 3.05) is 5.32 Å². The van der Waals surface area contributed by atoms with Crippen molar-refractivity contribution in [3.05, 3.63) is 65.0 Å². The molecule has 0 saturated carbocycles. The van der Waals surface area contributed by atoms with Crippen LogP contribution in [0.3, 0.4) is 0 Å². The molecule has 6 heteroatoms. The van der Waals surface area contributed by atoms with Gasteiger partial charge in [0.05, 0.1) is 33.3 Å². The van der Waals surface area contributed by atoms with E-state index in [1.165, 1.54) is 0 Å². The van der Waals surface area contributed by atoms with Gasteiger partial charge in [-0.2, -0.15) is 5.10 Å². The summed E-state index contributed by atoms with van der Waals surface area (Å²) in [6.45, 7) is 0. The molecule has 26 heavy (non-hydrogen) atoms. The Kier molecular flexibility index (Phi) is 2.24. The van der Waals surface area contributed by atoms with Gasteiger partial charge in [0.1, 0.15) is 5.54 Å². The highest BCUT2D eigenvalue weighted by Crippen LogP contribution is 2.41. The zero-order chi connectivity index (χ0) is 17.5. The van der Waals surface area contributed by atoms with E-state index in [1.54, 1.807) is 12.1 Å². The fraction of sp³-hybridized carbons (Fsp3) is 0.0500. The molecular formula is C20H12N4O2. The number of hydrogen-bond acceptors (Lipinski definition) is 4. The lowest BCUT2D eigenvalue weighted by Crippen LogP contribution is -2.29. The Bertz CT molecular complexity index is 1350. The highest BCUT2D eigenvalue weighted by atomic mass is 16.4. The van der Waals surface area contributed by atoms with Crippen LogP contribution in [-0.4, -0.2) is 26.9 Å². The van der Waals surface area contributed by atoms with Gasteiger partial charge in [0.25, 0.3) is 0 Å². The molecular weight excluding hydrogens is 328 g/mol. The van der Waals surface area contributed by atoms with Gasteiger partial charge in [0.2, 0.25) is 0 Å². The summed E-state index contributed by atoms with van der Waals surface area (Å²) >= 11 is 0. The Labute approximate surface area is 147 Å². The van der Waals surface area contributed by atoms with Crippen LogP contribution in [0.5, 0.6) is 0 Å². The van der Waals surface area contributed by atoms with Crippen LogP contribution in [0.2, 0.25) is 0 Å². The lowest BCUT2D eigenvalue weighted by atomic mass is 9.93. The summed E-state index contributed by atoms with van der Waals surface area (Å²) in [6.07, 6.45) is 4.06. The number of carboxylic acids is 1. The van der Waals surface area contributed by atoms with Gasteiger partial charge in [-0.05, 0) is 36.4 Å². The Morgan fingerprint density at radius 3 is 2.92 bits per heavy atom. The Morgan fingerprint density at radius 2 is 2.04 bits per heavy atom. The molecule has 2 aliphatic heterocycles. The number of hydrogen-bond donors (Lipinski definition) is 2. The van der Waals surface area contributed by atoms with Crippen LogP contribution >= 0.6 is 0 Å². The van der Waals surface area contributed by atoms with Gasteiger partial charge in [0.15, 0.2) is 0 Å². The third-order valence-corrected chi connectivity index (χ3v) is 5.20. The van der Waals surface area contributed by atoms with Gasteiger partial charge in [-0.3, -0.25) is 4.99 Å². The van der Waals surface area contributed by atoms with Crippen LogP contribution in [0.25, 0.3) is 22.5 Å². The van der Waals surface area contributed by atoms with Crippen molar-refractivity contribution in [3.63, 3.8) is 0 Å². The Balaban J connectivity index is 1.61. The number of anilines is 1. The van der Waals surface area contributed by atoms with Crippen LogP contribution < -0.4 is 10.7 Å².